The fourth-order valence-electron chi connectivity index (χ4n) is 2.08. The summed E-state index contributed by atoms with van der Waals surface area (Å²) in [7, 11) is 0. The van der Waals surface area contributed by atoms with Crippen LogP contribution in [0.5, 0.6) is 0 Å². The summed E-state index contributed by atoms with van der Waals surface area (Å²) in [4.78, 5) is 20.5. The van der Waals surface area contributed by atoms with Crippen LogP contribution in [-0.2, 0) is 6.42 Å². The van der Waals surface area contributed by atoms with Crippen molar-refractivity contribution in [2.75, 3.05) is 0 Å². The van der Waals surface area contributed by atoms with E-state index in [0.29, 0.717) is 10.7 Å². The number of halogens is 1. The highest BCUT2D eigenvalue weighted by molar-refractivity contribution is 6.29. The van der Waals surface area contributed by atoms with E-state index in [1.807, 2.05) is 19.1 Å². The minimum atomic E-state index is -0.152. The molecule has 1 amide bonds. The van der Waals surface area contributed by atoms with Crippen LogP contribution in [0, 0.1) is 0 Å². The van der Waals surface area contributed by atoms with Crippen LogP contribution in [0.1, 0.15) is 47.9 Å². The summed E-state index contributed by atoms with van der Waals surface area (Å²) in [6.07, 6.45) is 5.18. The van der Waals surface area contributed by atoms with Gasteiger partial charge in [-0.05, 0) is 43.2 Å². The Labute approximate surface area is 129 Å². The number of pyridine rings is 2. The van der Waals surface area contributed by atoms with Crippen molar-refractivity contribution in [3.05, 3.63) is 58.6 Å². The van der Waals surface area contributed by atoms with Crippen molar-refractivity contribution >= 4 is 17.5 Å². The number of hydrogen-bond donors (Lipinski definition) is 1. The maximum absolute atomic E-state index is 12.3. The number of nitrogens with one attached hydrogen (secondary N) is 1. The molecule has 0 fully saturated rings. The number of aryl methyl sites for hydroxylation is 1. The Hall–Kier alpha value is -1.94. The van der Waals surface area contributed by atoms with E-state index in [-0.39, 0.29) is 11.9 Å². The Balaban J connectivity index is 2.13. The second-order valence-electron chi connectivity index (χ2n) is 4.90. The molecule has 1 N–H and O–H groups in total. The quantitative estimate of drug-likeness (QED) is 0.859. The Morgan fingerprint density at radius 1 is 1.33 bits per heavy atom. The zero-order valence-corrected chi connectivity index (χ0v) is 12.9. The number of rotatable bonds is 5. The van der Waals surface area contributed by atoms with Gasteiger partial charge in [-0.25, -0.2) is 4.98 Å². The topological polar surface area (TPSA) is 54.9 Å². The Bertz CT molecular complexity index is 616. The lowest BCUT2D eigenvalue weighted by atomic mass is 10.1. The monoisotopic (exact) mass is 303 g/mol. The van der Waals surface area contributed by atoms with Crippen molar-refractivity contribution in [3.8, 4) is 0 Å². The van der Waals surface area contributed by atoms with E-state index in [4.69, 9.17) is 11.6 Å². The van der Waals surface area contributed by atoms with Crippen molar-refractivity contribution < 1.29 is 4.79 Å². The maximum Gasteiger partial charge on any atom is 0.251 e. The van der Waals surface area contributed by atoms with Crippen LogP contribution in [-0.4, -0.2) is 15.9 Å². The Morgan fingerprint density at radius 3 is 2.71 bits per heavy atom. The molecule has 2 heterocycles. The number of carbonyl (C=O) groups is 1. The summed E-state index contributed by atoms with van der Waals surface area (Å²) in [6, 6.07) is 7.06. The lowest BCUT2D eigenvalue weighted by molar-refractivity contribution is 0.0939. The highest BCUT2D eigenvalue weighted by atomic mass is 35.5. The normalized spacial score (nSPS) is 12.0. The molecule has 4 nitrogen and oxygen atoms in total. The third-order valence-electron chi connectivity index (χ3n) is 3.17. The summed E-state index contributed by atoms with van der Waals surface area (Å²) >= 11 is 5.98. The third-order valence-corrected chi connectivity index (χ3v) is 3.36. The predicted molar refractivity (Wildman–Crippen MR) is 83.4 cm³/mol. The molecule has 2 aromatic rings. The smallest absolute Gasteiger partial charge is 0.251 e. The summed E-state index contributed by atoms with van der Waals surface area (Å²) < 4.78 is 0. The molecular weight excluding hydrogens is 286 g/mol. The van der Waals surface area contributed by atoms with Gasteiger partial charge in [-0.2, -0.15) is 0 Å². The molecule has 2 rings (SSSR count). The maximum atomic E-state index is 12.3. The second-order valence-corrected chi connectivity index (χ2v) is 5.28. The minimum absolute atomic E-state index is 0.0953. The summed E-state index contributed by atoms with van der Waals surface area (Å²) in [5, 5.41) is 3.31. The Kier molecular flexibility index (Phi) is 5.28. The van der Waals surface area contributed by atoms with Gasteiger partial charge in [0.1, 0.15) is 5.15 Å². The van der Waals surface area contributed by atoms with Crippen LogP contribution in [0.25, 0.3) is 0 Å². The molecule has 0 aliphatic heterocycles. The summed E-state index contributed by atoms with van der Waals surface area (Å²) in [5.74, 6) is -0.152. The first-order chi connectivity index (χ1) is 10.1. The van der Waals surface area contributed by atoms with E-state index in [2.05, 4.69) is 22.2 Å². The molecule has 0 aliphatic carbocycles. The number of carbonyl (C=O) groups excluding carboxylic acids is 1. The zero-order chi connectivity index (χ0) is 15.2. The summed E-state index contributed by atoms with van der Waals surface area (Å²) in [6.45, 7) is 4.00. The van der Waals surface area contributed by atoms with Crippen molar-refractivity contribution in [1.29, 1.82) is 0 Å². The van der Waals surface area contributed by atoms with Gasteiger partial charge in [0.2, 0.25) is 0 Å². The van der Waals surface area contributed by atoms with Gasteiger partial charge >= 0.3 is 0 Å². The molecule has 0 saturated heterocycles. The number of aromatic nitrogens is 2. The zero-order valence-electron chi connectivity index (χ0n) is 12.1. The minimum Gasteiger partial charge on any atom is -0.346 e. The average Bonchev–Trinajstić information content (AvgIpc) is 2.48. The molecule has 0 saturated carbocycles. The third kappa shape index (κ3) is 4.26. The molecular formula is C16H18ClN3O. The Morgan fingerprint density at radius 2 is 2.05 bits per heavy atom. The fourth-order valence-corrected chi connectivity index (χ4v) is 2.31. The van der Waals surface area contributed by atoms with Gasteiger partial charge in [0, 0.05) is 23.7 Å². The van der Waals surface area contributed by atoms with E-state index in [9.17, 15) is 4.79 Å². The molecule has 110 valence electrons. The molecule has 0 radical (unpaired) electrons. The standard InChI is InChI=1S/C16H18ClN3O/c1-3-4-14-9-13(10-15(17)20-14)16(21)19-11(2)12-5-7-18-8-6-12/h5-11H,3-4H2,1-2H3,(H,19,21). The van der Waals surface area contributed by atoms with Crippen LogP contribution in [0.3, 0.4) is 0 Å². The SMILES string of the molecule is CCCc1cc(C(=O)NC(C)c2ccncc2)cc(Cl)n1. The van der Waals surface area contributed by atoms with E-state index < -0.39 is 0 Å². The van der Waals surface area contributed by atoms with Gasteiger partial charge in [-0.15, -0.1) is 0 Å². The number of amides is 1. The van der Waals surface area contributed by atoms with Gasteiger partial charge in [0.25, 0.3) is 5.91 Å². The highest BCUT2D eigenvalue weighted by Crippen LogP contribution is 2.15. The van der Waals surface area contributed by atoms with Crippen molar-refractivity contribution in [1.82, 2.24) is 15.3 Å². The molecule has 5 heteroatoms. The van der Waals surface area contributed by atoms with Crippen LogP contribution < -0.4 is 5.32 Å². The molecule has 1 atom stereocenters. The van der Waals surface area contributed by atoms with Crippen molar-refractivity contribution in [2.24, 2.45) is 0 Å². The number of hydrogen-bond acceptors (Lipinski definition) is 3. The van der Waals surface area contributed by atoms with E-state index >= 15 is 0 Å². The van der Waals surface area contributed by atoms with Gasteiger partial charge < -0.3 is 5.32 Å². The molecule has 0 spiro atoms. The lowest BCUT2D eigenvalue weighted by Crippen LogP contribution is -2.26. The van der Waals surface area contributed by atoms with Crippen molar-refractivity contribution in [3.63, 3.8) is 0 Å². The molecule has 1 unspecified atom stereocenters. The highest BCUT2D eigenvalue weighted by Gasteiger charge is 2.13. The van der Waals surface area contributed by atoms with Crippen LogP contribution in [0.15, 0.2) is 36.7 Å². The van der Waals surface area contributed by atoms with Gasteiger partial charge in [-0.1, -0.05) is 24.9 Å². The first-order valence-corrected chi connectivity index (χ1v) is 7.35. The number of nitrogens with zero attached hydrogens (tertiary/aromatic N) is 2. The molecule has 0 aromatic carbocycles. The van der Waals surface area contributed by atoms with Crippen molar-refractivity contribution in [2.45, 2.75) is 32.7 Å². The first kappa shape index (κ1) is 15.4. The van der Waals surface area contributed by atoms with E-state index in [1.54, 1.807) is 24.5 Å². The average molecular weight is 304 g/mol. The van der Waals surface area contributed by atoms with Crippen LogP contribution >= 0.6 is 11.6 Å². The molecule has 2 aromatic heterocycles. The molecule has 21 heavy (non-hydrogen) atoms. The first-order valence-electron chi connectivity index (χ1n) is 6.97. The predicted octanol–water partition coefficient (Wildman–Crippen LogP) is 3.57. The lowest BCUT2D eigenvalue weighted by Gasteiger charge is -2.14. The van der Waals surface area contributed by atoms with Crippen LogP contribution in [0.2, 0.25) is 5.15 Å². The van der Waals surface area contributed by atoms with E-state index in [1.165, 1.54) is 0 Å². The second kappa shape index (κ2) is 7.18. The van der Waals surface area contributed by atoms with Gasteiger partial charge in [-0.3, -0.25) is 9.78 Å². The largest absolute Gasteiger partial charge is 0.346 e. The molecule has 0 bridgehead atoms. The van der Waals surface area contributed by atoms with Crippen LogP contribution in [0.4, 0.5) is 0 Å². The summed E-state index contributed by atoms with van der Waals surface area (Å²) in [5.41, 5.74) is 2.39. The van der Waals surface area contributed by atoms with Gasteiger partial charge in [0.15, 0.2) is 0 Å². The molecule has 0 aliphatic rings. The van der Waals surface area contributed by atoms with E-state index in [0.717, 1.165) is 24.1 Å². The van der Waals surface area contributed by atoms with Gasteiger partial charge in [0.05, 0.1) is 6.04 Å². The fraction of sp³-hybridized carbons (Fsp3) is 0.312.